The third-order valence-electron chi connectivity index (χ3n) is 3.56. The number of rotatable bonds is 9. The van der Waals surface area contributed by atoms with Crippen molar-refractivity contribution in [2.75, 3.05) is 39.9 Å². The second-order valence-corrected chi connectivity index (χ2v) is 6.79. The number of nitrogens with one attached hydrogen (secondary N) is 1. The molecule has 0 spiro atoms. The summed E-state index contributed by atoms with van der Waals surface area (Å²) >= 11 is 0. The van der Waals surface area contributed by atoms with Gasteiger partial charge < -0.3 is 10.5 Å². The first kappa shape index (κ1) is 16.8. The van der Waals surface area contributed by atoms with Crippen LogP contribution in [0.25, 0.3) is 0 Å². The van der Waals surface area contributed by atoms with Gasteiger partial charge in [0.05, 0.1) is 0 Å². The van der Waals surface area contributed by atoms with Crippen LogP contribution < -0.4 is 10.5 Å². The van der Waals surface area contributed by atoms with E-state index in [1.165, 1.54) is 4.31 Å². The molecule has 0 aromatic heterocycles. The van der Waals surface area contributed by atoms with Crippen molar-refractivity contribution in [1.29, 1.82) is 0 Å². The number of methoxy groups -OCH3 is 1. The van der Waals surface area contributed by atoms with E-state index in [2.05, 4.69) is 4.72 Å². The highest BCUT2D eigenvalue weighted by molar-refractivity contribution is 7.87. The fourth-order valence-electron chi connectivity index (χ4n) is 2.23. The van der Waals surface area contributed by atoms with Crippen LogP contribution in [0.1, 0.15) is 32.1 Å². The van der Waals surface area contributed by atoms with Gasteiger partial charge in [-0.2, -0.15) is 12.7 Å². The molecule has 1 fully saturated rings. The van der Waals surface area contributed by atoms with Gasteiger partial charge >= 0.3 is 0 Å². The van der Waals surface area contributed by atoms with Gasteiger partial charge in [-0.1, -0.05) is 0 Å². The summed E-state index contributed by atoms with van der Waals surface area (Å²) in [5.41, 5.74) is 5.60. The molecule has 0 bridgehead atoms. The highest BCUT2D eigenvalue weighted by Crippen LogP contribution is 2.17. The SMILES string of the molecule is COCCCCCNS(=O)(=O)N1CCC(CN)CC1. The summed E-state index contributed by atoms with van der Waals surface area (Å²) in [6, 6.07) is 0. The zero-order valence-electron chi connectivity index (χ0n) is 11.8. The Kier molecular flexibility index (Phi) is 7.86. The minimum absolute atomic E-state index is 0.473. The fraction of sp³-hybridized carbons (Fsp3) is 1.00. The molecule has 0 amide bonds. The first-order valence-electron chi connectivity index (χ1n) is 7.04. The Bertz CT molecular complexity index is 327. The van der Waals surface area contributed by atoms with E-state index in [1.807, 2.05) is 0 Å². The largest absolute Gasteiger partial charge is 0.385 e. The lowest BCUT2D eigenvalue weighted by atomic mass is 9.99. The van der Waals surface area contributed by atoms with Crippen molar-refractivity contribution in [1.82, 2.24) is 9.03 Å². The standard InChI is InChI=1S/C12H27N3O3S/c1-18-10-4-2-3-7-14-19(16,17)15-8-5-12(11-13)6-9-15/h12,14H,2-11,13H2,1H3. The maximum absolute atomic E-state index is 12.0. The minimum Gasteiger partial charge on any atom is -0.385 e. The summed E-state index contributed by atoms with van der Waals surface area (Å²) in [5.74, 6) is 0.473. The molecule has 0 unspecified atom stereocenters. The summed E-state index contributed by atoms with van der Waals surface area (Å²) < 4.78 is 33.2. The molecule has 1 rings (SSSR count). The Morgan fingerprint density at radius 1 is 1.26 bits per heavy atom. The number of piperidine rings is 1. The summed E-state index contributed by atoms with van der Waals surface area (Å²) in [5, 5.41) is 0. The smallest absolute Gasteiger partial charge is 0.279 e. The predicted molar refractivity (Wildman–Crippen MR) is 76.0 cm³/mol. The monoisotopic (exact) mass is 293 g/mol. The number of unbranched alkanes of at least 4 members (excludes halogenated alkanes) is 2. The van der Waals surface area contributed by atoms with Gasteiger partial charge in [0.2, 0.25) is 0 Å². The van der Waals surface area contributed by atoms with Gasteiger partial charge in [-0.25, -0.2) is 4.72 Å². The van der Waals surface area contributed by atoms with E-state index in [0.717, 1.165) is 38.7 Å². The van der Waals surface area contributed by atoms with E-state index in [1.54, 1.807) is 7.11 Å². The Labute approximate surface area is 116 Å². The van der Waals surface area contributed by atoms with Crippen LogP contribution in [0.2, 0.25) is 0 Å². The summed E-state index contributed by atoms with van der Waals surface area (Å²) in [7, 11) is -1.62. The van der Waals surface area contributed by atoms with E-state index in [4.69, 9.17) is 10.5 Å². The van der Waals surface area contributed by atoms with Crippen LogP contribution >= 0.6 is 0 Å². The van der Waals surface area contributed by atoms with Crippen LogP contribution in [0.15, 0.2) is 0 Å². The van der Waals surface area contributed by atoms with Gasteiger partial charge in [0.1, 0.15) is 0 Å². The molecule has 7 heteroatoms. The molecule has 3 N–H and O–H groups in total. The molecule has 114 valence electrons. The van der Waals surface area contributed by atoms with E-state index in [-0.39, 0.29) is 0 Å². The van der Waals surface area contributed by atoms with Crippen molar-refractivity contribution in [3.05, 3.63) is 0 Å². The quantitative estimate of drug-likeness (QED) is 0.599. The molecule has 1 heterocycles. The molecular weight excluding hydrogens is 266 g/mol. The lowest BCUT2D eigenvalue weighted by molar-refractivity contribution is 0.192. The molecule has 0 aromatic rings. The van der Waals surface area contributed by atoms with Gasteiger partial charge in [0.25, 0.3) is 10.2 Å². The fourth-order valence-corrected chi connectivity index (χ4v) is 3.50. The Balaban J connectivity index is 2.21. The van der Waals surface area contributed by atoms with Gasteiger partial charge in [0.15, 0.2) is 0 Å². The lowest BCUT2D eigenvalue weighted by Crippen LogP contribution is -2.46. The Morgan fingerprint density at radius 3 is 2.53 bits per heavy atom. The number of ether oxygens (including phenoxy) is 1. The molecule has 0 saturated carbocycles. The van der Waals surface area contributed by atoms with E-state index in [9.17, 15) is 8.42 Å². The van der Waals surface area contributed by atoms with Gasteiger partial charge in [-0.05, 0) is 44.6 Å². The number of hydrogen-bond donors (Lipinski definition) is 2. The van der Waals surface area contributed by atoms with E-state index >= 15 is 0 Å². The van der Waals surface area contributed by atoms with Crippen LogP contribution in [0.4, 0.5) is 0 Å². The molecule has 0 radical (unpaired) electrons. The van der Waals surface area contributed by atoms with Crippen LogP contribution in [-0.2, 0) is 14.9 Å². The molecule has 0 atom stereocenters. The number of hydrogen-bond acceptors (Lipinski definition) is 4. The normalized spacial score (nSPS) is 18.8. The topological polar surface area (TPSA) is 84.7 Å². The van der Waals surface area contributed by atoms with Gasteiger partial charge in [0, 0.05) is 33.4 Å². The molecule has 1 aliphatic rings. The summed E-state index contributed by atoms with van der Waals surface area (Å²) in [6.45, 7) is 3.06. The molecule has 1 saturated heterocycles. The van der Waals surface area contributed by atoms with Crippen molar-refractivity contribution < 1.29 is 13.2 Å². The van der Waals surface area contributed by atoms with Crippen LogP contribution in [0.3, 0.4) is 0 Å². The maximum Gasteiger partial charge on any atom is 0.279 e. The van der Waals surface area contributed by atoms with E-state index in [0.29, 0.717) is 32.1 Å². The molecule has 0 aliphatic carbocycles. The second kappa shape index (κ2) is 8.86. The molecule has 19 heavy (non-hydrogen) atoms. The average molecular weight is 293 g/mol. The highest BCUT2D eigenvalue weighted by atomic mass is 32.2. The van der Waals surface area contributed by atoms with Crippen molar-refractivity contribution in [3.63, 3.8) is 0 Å². The van der Waals surface area contributed by atoms with Crippen LogP contribution in [0, 0.1) is 5.92 Å². The Morgan fingerprint density at radius 2 is 1.95 bits per heavy atom. The Hall–Kier alpha value is -0.210. The van der Waals surface area contributed by atoms with Gasteiger partial charge in [-0.3, -0.25) is 0 Å². The molecule has 1 aliphatic heterocycles. The highest BCUT2D eigenvalue weighted by Gasteiger charge is 2.26. The van der Waals surface area contributed by atoms with Gasteiger partial charge in [-0.15, -0.1) is 0 Å². The molecular formula is C12H27N3O3S. The summed E-state index contributed by atoms with van der Waals surface area (Å²) in [6.07, 6.45) is 4.53. The zero-order valence-corrected chi connectivity index (χ0v) is 12.6. The van der Waals surface area contributed by atoms with E-state index < -0.39 is 10.2 Å². The maximum atomic E-state index is 12.0. The lowest BCUT2D eigenvalue weighted by Gasteiger charge is -2.30. The second-order valence-electron chi connectivity index (χ2n) is 5.03. The summed E-state index contributed by atoms with van der Waals surface area (Å²) in [4.78, 5) is 0. The molecule has 0 aromatic carbocycles. The van der Waals surface area contributed by atoms with Crippen molar-refractivity contribution >= 4 is 10.2 Å². The number of nitrogens with zero attached hydrogens (tertiary/aromatic N) is 1. The first-order chi connectivity index (χ1) is 9.10. The molecule has 6 nitrogen and oxygen atoms in total. The third-order valence-corrected chi connectivity index (χ3v) is 5.17. The average Bonchev–Trinajstić information content (AvgIpc) is 2.43. The van der Waals surface area contributed by atoms with Crippen molar-refractivity contribution in [2.45, 2.75) is 32.1 Å². The minimum atomic E-state index is -3.30. The zero-order chi connectivity index (χ0) is 14.1. The third kappa shape index (κ3) is 6.18. The van der Waals surface area contributed by atoms with Crippen molar-refractivity contribution in [2.24, 2.45) is 11.7 Å². The van der Waals surface area contributed by atoms with Crippen LogP contribution in [0.5, 0.6) is 0 Å². The van der Waals surface area contributed by atoms with Crippen molar-refractivity contribution in [3.8, 4) is 0 Å². The predicted octanol–water partition coefficient (Wildman–Crippen LogP) is 0.308. The number of nitrogens with two attached hydrogens (primary N) is 1. The van der Waals surface area contributed by atoms with Crippen LogP contribution in [-0.4, -0.2) is 52.6 Å². The first-order valence-corrected chi connectivity index (χ1v) is 8.48.